The number of aryl methyl sites for hydroxylation is 1. The molecule has 1 aliphatic carbocycles. The van der Waals surface area contributed by atoms with Gasteiger partial charge in [-0.2, -0.15) is 0 Å². The summed E-state index contributed by atoms with van der Waals surface area (Å²) in [6.45, 7) is 1.98. The summed E-state index contributed by atoms with van der Waals surface area (Å²) in [7, 11) is 0. The van der Waals surface area contributed by atoms with Gasteiger partial charge in [0.1, 0.15) is 5.82 Å². The predicted octanol–water partition coefficient (Wildman–Crippen LogP) is 1.75. The number of nitrogens with two attached hydrogens (primary N) is 1. The molecule has 2 rings (SSSR count). The lowest BCUT2D eigenvalue weighted by atomic mass is 10.0. The maximum atomic E-state index is 7.91. The third-order valence-corrected chi connectivity index (χ3v) is 2.44. The minimum Gasteiger partial charge on any atom is -0.383 e. The van der Waals surface area contributed by atoms with Crippen LogP contribution in [0.4, 0.5) is 5.82 Å². The summed E-state index contributed by atoms with van der Waals surface area (Å²) in [6.07, 6.45) is 3.95. The summed E-state index contributed by atoms with van der Waals surface area (Å²) in [6, 6.07) is 1.91. The highest BCUT2D eigenvalue weighted by Crippen LogP contribution is 2.34. The van der Waals surface area contributed by atoms with E-state index < -0.39 is 0 Å². The highest BCUT2D eigenvalue weighted by molar-refractivity contribution is 6.05. The predicted molar refractivity (Wildman–Crippen MR) is 52.9 cm³/mol. The van der Waals surface area contributed by atoms with E-state index in [1.165, 1.54) is 0 Å². The summed E-state index contributed by atoms with van der Waals surface area (Å²) in [5.41, 5.74) is 8.32. The molecule has 0 unspecified atom stereocenters. The molecule has 0 aromatic carbocycles. The quantitative estimate of drug-likeness (QED) is 0.672. The number of nitrogens with one attached hydrogen (secondary N) is 1. The Labute approximate surface area is 77.5 Å². The molecule has 68 valence electrons. The van der Waals surface area contributed by atoms with Gasteiger partial charge in [0, 0.05) is 23.4 Å². The second-order valence-corrected chi connectivity index (χ2v) is 3.58. The van der Waals surface area contributed by atoms with Crippen LogP contribution in [0, 0.1) is 18.3 Å². The second kappa shape index (κ2) is 2.83. The molecule has 0 amide bonds. The maximum absolute atomic E-state index is 7.91. The van der Waals surface area contributed by atoms with Gasteiger partial charge in [-0.25, -0.2) is 4.98 Å². The van der Waals surface area contributed by atoms with Crippen molar-refractivity contribution in [1.82, 2.24) is 4.98 Å². The minimum atomic E-state index is 0.435. The second-order valence-electron chi connectivity index (χ2n) is 3.58. The number of hydrogen-bond acceptors (Lipinski definition) is 3. The minimum absolute atomic E-state index is 0.435. The average Bonchev–Trinajstić information content (AvgIpc) is 2.85. The Hall–Kier alpha value is -1.38. The number of rotatable bonds is 2. The van der Waals surface area contributed by atoms with Crippen molar-refractivity contribution in [3.05, 3.63) is 23.4 Å². The fourth-order valence-electron chi connectivity index (χ4n) is 1.51. The van der Waals surface area contributed by atoms with Gasteiger partial charge in [-0.05, 0) is 31.4 Å². The van der Waals surface area contributed by atoms with E-state index >= 15 is 0 Å². The third kappa shape index (κ3) is 1.41. The molecule has 3 N–H and O–H groups in total. The zero-order valence-electron chi connectivity index (χ0n) is 7.67. The first kappa shape index (κ1) is 8.23. The van der Waals surface area contributed by atoms with Crippen molar-refractivity contribution >= 4 is 11.5 Å². The van der Waals surface area contributed by atoms with Crippen LogP contribution in [0.2, 0.25) is 0 Å². The molecular formula is C10H13N3. The third-order valence-electron chi connectivity index (χ3n) is 2.44. The molecule has 0 radical (unpaired) electrons. The Morgan fingerprint density at radius 1 is 1.62 bits per heavy atom. The van der Waals surface area contributed by atoms with Gasteiger partial charge in [0.15, 0.2) is 0 Å². The van der Waals surface area contributed by atoms with Crippen molar-refractivity contribution in [2.75, 3.05) is 5.73 Å². The maximum Gasteiger partial charge on any atom is 0.132 e. The highest BCUT2D eigenvalue weighted by atomic mass is 14.8. The van der Waals surface area contributed by atoms with Crippen molar-refractivity contribution in [1.29, 1.82) is 5.41 Å². The van der Waals surface area contributed by atoms with E-state index in [0.29, 0.717) is 17.4 Å². The number of nitrogen functional groups attached to an aromatic ring is 1. The molecule has 0 aliphatic heterocycles. The molecule has 1 aromatic rings. The molecule has 3 heteroatoms. The Balaban J connectivity index is 2.42. The topological polar surface area (TPSA) is 62.8 Å². The van der Waals surface area contributed by atoms with Crippen molar-refractivity contribution in [3.63, 3.8) is 0 Å². The van der Waals surface area contributed by atoms with Crippen LogP contribution in [0.5, 0.6) is 0 Å². The lowest BCUT2D eigenvalue weighted by Gasteiger charge is -2.08. The number of pyridine rings is 1. The molecular weight excluding hydrogens is 162 g/mol. The van der Waals surface area contributed by atoms with E-state index in [0.717, 1.165) is 24.0 Å². The van der Waals surface area contributed by atoms with Crippen LogP contribution in [0.15, 0.2) is 12.3 Å². The molecule has 0 saturated heterocycles. The zero-order chi connectivity index (χ0) is 9.42. The summed E-state index contributed by atoms with van der Waals surface area (Å²) < 4.78 is 0. The Bertz CT molecular complexity index is 333. The standard InChI is InChI=1S/C10H13N3/c1-6-4-5-13-10(12)8(6)9(11)7-2-3-7/h4-5,7,11H,2-3H2,1H3,(H2,12,13). The zero-order valence-corrected chi connectivity index (χ0v) is 7.67. The molecule has 3 nitrogen and oxygen atoms in total. The number of aromatic nitrogens is 1. The SMILES string of the molecule is Cc1ccnc(N)c1C(=N)C1CC1. The van der Waals surface area contributed by atoms with E-state index in [4.69, 9.17) is 11.1 Å². The van der Waals surface area contributed by atoms with Crippen LogP contribution >= 0.6 is 0 Å². The summed E-state index contributed by atoms with van der Waals surface area (Å²) >= 11 is 0. The van der Waals surface area contributed by atoms with E-state index in [-0.39, 0.29) is 0 Å². The van der Waals surface area contributed by atoms with Gasteiger partial charge in [-0.15, -0.1) is 0 Å². The van der Waals surface area contributed by atoms with Crippen LogP contribution in [0.25, 0.3) is 0 Å². The van der Waals surface area contributed by atoms with Crippen molar-refractivity contribution in [2.45, 2.75) is 19.8 Å². The van der Waals surface area contributed by atoms with Crippen molar-refractivity contribution in [2.24, 2.45) is 5.92 Å². The molecule has 13 heavy (non-hydrogen) atoms. The molecule has 0 bridgehead atoms. The summed E-state index contributed by atoms with van der Waals surface area (Å²) in [4.78, 5) is 4.01. The molecule has 1 aliphatic rings. The molecule has 1 fully saturated rings. The van der Waals surface area contributed by atoms with E-state index in [2.05, 4.69) is 4.98 Å². The fraction of sp³-hybridized carbons (Fsp3) is 0.400. The van der Waals surface area contributed by atoms with Gasteiger partial charge in [0.25, 0.3) is 0 Å². The van der Waals surface area contributed by atoms with Crippen LogP contribution in [0.1, 0.15) is 24.0 Å². The van der Waals surface area contributed by atoms with Gasteiger partial charge in [0.2, 0.25) is 0 Å². The van der Waals surface area contributed by atoms with Gasteiger partial charge >= 0.3 is 0 Å². The monoisotopic (exact) mass is 175 g/mol. The number of nitrogens with zero attached hydrogens (tertiary/aromatic N) is 1. The molecule has 1 saturated carbocycles. The fourth-order valence-corrected chi connectivity index (χ4v) is 1.51. The Kier molecular flexibility index (Phi) is 1.79. The van der Waals surface area contributed by atoms with Crippen LogP contribution in [-0.4, -0.2) is 10.7 Å². The highest BCUT2D eigenvalue weighted by Gasteiger charge is 2.29. The molecule has 1 heterocycles. The average molecular weight is 175 g/mol. The first-order valence-corrected chi connectivity index (χ1v) is 4.50. The van der Waals surface area contributed by atoms with Crippen LogP contribution < -0.4 is 5.73 Å². The first-order valence-electron chi connectivity index (χ1n) is 4.50. The summed E-state index contributed by atoms with van der Waals surface area (Å²) in [5.74, 6) is 0.932. The van der Waals surface area contributed by atoms with Crippen molar-refractivity contribution < 1.29 is 0 Å². The van der Waals surface area contributed by atoms with Gasteiger partial charge < -0.3 is 11.1 Å². The smallest absolute Gasteiger partial charge is 0.132 e. The van der Waals surface area contributed by atoms with Gasteiger partial charge in [0.05, 0.1) is 0 Å². The van der Waals surface area contributed by atoms with Gasteiger partial charge in [-0.3, -0.25) is 0 Å². The first-order chi connectivity index (χ1) is 6.20. The lowest BCUT2D eigenvalue weighted by Crippen LogP contribution is -2.09. The van der Waals surface area contributed by atoms with Crippen LogP contribution in [0.3, 0.4) is 0 Å². The van der Waals surface area contributed by atoms with E-state index in [9.17, 15) is 0 Å². The normalized spacial score (nSPS) is 15.8. The largest absolute Gasteiger partial charge is 0.383 e. The molecule has 0 spiro atoms. The Morgan fingerprint density at radius 2 is 2.31 bits per heavy atom. The van der Waals surface area contributed by atoms with E-state index in [1.807, 2.05) is 13.0 Å². The number of anilines is 1. The van der Waals surface area contributed by atoms with E-state index in [1.54, 1.807) is 6.20 Å². The Morgan fingerprint density at radius 3 is 2.85 bits per heavy atom. The van der Waals surface area contributed by atoms with Crippen LogP contribution in [-0.2, 0) is 0 Å². The van der Waals surface area contributed by atoms with Gasteiger partial charge in [-0.1, -0.05) is 0 Å². The van der Waals surface area contributed by atoms with Crippen molar-refractivity contribution in [3.8, 4) is 0 Å². The molecule has 0 atom stereocenters. The molecule has 1 aromatic heterocycles. The summed E-state index contributed by atoms with van der Waals surface area (Å²) in [5, 5.41) is 7.91. The lowest BCUT2D eigenvalue weighted by molar-refractivity contribution is 1.14. The number of hydrogen-bond donors (Lipinski definition) is 2.